The Morgan fingerprint density at radius 1 is 0.893 bits per heavy atom. The summed E-state index contributed by atoms with van der Waals surface area (Å²) < 4.78 is 11.6. The summed E-state index contributed by atoms with van der Waals surface area (Å²) in [6, 6.07) is 17.1. The van der Waals surface area contributed by atoms with E-state index in [2.05, 4.69) is 11.8 Å². The number of aryl methyl sites for hydroxylation is 1. The molecule has 0 saturated heterocycles. The summed E-state index contributed by atoms with van der Waals surface area (Å²) in [5, 5.41) is 0. The van der Waals surface area contributed by atoms with Gasteiger partial charge in [0.25, 0.3) is 0 Å². The third-order valence-corrected chi connectivity index (χ3v) is 5.79. The molecule has 0 radical (unpaired) electrons. The van der Waals surface area contributed by atoms with Crippen LogP contribution in [0, 0.1) is 18.8 Å². The van der Waals surface area contributed by atoms with Gasteiger partial charge in [-0.05, 0) is 0 Å². The molecule has 0 aromatic heterocycles. The van der Waals surface area contributed by atoms with Crippen LogP contribution in [-0.4, -0.2) is 40.1 Å². The third-order valence-electron chi connectivity index (χ3n) is 3.51. The van der Waals surface area contributed by atoms with E-state index < -0.39 is 26.9 Å². The normalized spacial score (nSPS) is 11.0. The van der Waals surface area contributed by atoms with Gasteiger partial charge in [-0.1, -0.05) is 0 Å². The van der Waals surface area contributed by atoms with Gasteiger partial charge in [0.2, 0.25) is 0 Å². The Hall–Kier alpha value is -2.80. The summed E-state index contributed by atoms with van der Waals surface area (Å²) >= 11 is -0.447. The van der Waals surface area contributed by atoms with Crippen LogP contribution in [0.3, 0.4) is 0 Å². The first-order valence-electron chi connectivity index (χ1n) is 8.95. The number of carbonyl (C=O) groups is 2. The van der Waals surface area contributed by atoms with Crippen LogP contribution in [-0.2, 0) is 19.1 Å². The number of hydrogen-bond donors (Lipinski definition) is 0. The van der Waals surface area contributed by atoms with E-state index in [0.29, 0.717) is 0 Å². The van der Waals surface area contributed by atoms with Crippen molar-refractivity contribution in [3.8, 4) is 11.8 Å². The standard InChI is InChI=1S/C23H22O4Se/c1-4-26-22(24)20(16-15-18-13-11-17(3)12-14-18)21(23(25)27-5-2)28-19-9-7-6-8-10-19/h6-14H,4-5H2,1-3H3/b21-20+. The quantitative estimate of drug-likeness (QED) is 0.300. The molecule has 0 spiro atoms. The van der Waals surface area contributed by atoms with Gasteiger partial charge in [-0.3, -0.25) is 0 Å². The van der Waals surface area contributed by atoms with E-state index in [1.807, 2.05) is 61.5 Å². The molecule has 2 aromatic carbocycles. The van der Waals surface area contributed by atoms with Crippen LogP contribution < -0.4 is 4.46 Å². The molecular weight excluding hydrogens is 419 g/mol. The Morgan fingerprint density at radius 2 is 1.50 bits per heavy atom. The van der Waals surface area contributed by atoms with Crippen LogP contribution in [0.15, 0.2) is 64.6 Å². The number of benzene rings is 2. The van der Waals surface area contributed by atoms with E-state index in [0.717, 1.165) is 15.6 Å². The molecule has 0 amide bonds. The van der Waals surface area contributed by atoms with Gasteiger partial charge in [0.1, 0.15) is 0 Å². The summed E-state index contributed by atoms with van der Waals surface area (Å²) in [5.41, 5.74) is 1.93. The summed E-state index contributed by atoms with van der Waals surface area (Å²) in [6.45, 7) is 5.85. The topological polar surface area (TPSA) is 52.6 Å². The molecule has 0 aliphatic rings. The van der Waals surface area contributed by atoms with Crippen LogP contribution >= 0.6 is 0 Å². The second-order valence-corrected chi connectivity index (χ2v) is 7.95. The van der Waals surface area contributed by atoms with Gasteiger partial charge in [-0.15, -0.1) is 0 Å². The van der Waals surface area contributed by atoms with Crippen molar-refractivity contribution in [1.29, 1.82) is 0 Å². The van der Waals surface area contributed by atoms with E-state index in [4.69, 9.17) is 9.47 Å². The third kappa shape index (κ3) is 6.42. The first kappa shape index (κ1) is 21.5. The van der Waals surface area contributed by atoms with Crippen molar-refractivity contribution in [3.05, 3.63) is 75.8 Å². The van der Waals surface area contributed by atoms with Crippen molar-refractivity contribution in [2.24, 2.45) is 0 Å². The van der Waals surface area contributed by atoms with Crippen LogP contribution in [0.2, 0.25) is 0 Å². The van der Waals surface area contributed by atoms with Gasteiger partial charge in [-0.2, -0.15) is 0 Å². The van der Waals surface area contributed by atoms with Gasteiger partial charge in [-0.25, -0.2) is 0 Å². The molecule has 144 valence electrons. The predicted molar refractivity (Wildman–Crippen MR) is 110 cm³/mol. The van der Waals surface area contributed by atoms with Gasteiger partial charge < -0.3 is 0 Å². The first-order chi connectivity index (χ1) is 13.5. The molecule has 4 nitrogen and oxygen atoms in total. The van der Waals surface area contributed by atoms with E-state index in [1.165, 1.54) is 0 Å². The molecule has 0 unspecified atom stereocenters. The fourth-order valence-electron chi connectivity index (χ4n) is 2.17. The molecule has 5 heteroatoms. The van der Waals surface area contributed by atoms with Gasteiger partial charge in [0.05, 0.1) is 0 Å². The van der Waals surface area contributed by atoms with Gasteiger partial charge in [0, 0.05) is 0 Å². The van der Waals surface area contributed by atoms with E-state index in [-0.39, 0.29) is 23.3 Å². The zero-order chi connectivity index (χ0) is 20.4. The molecule has 2 aromatic rings. The number of hydrogen-bond acceptors (Lipinski definition) is 4. The summed E-state index contributed by atoms with van der Waals surface area (Å²) in [6.07, 6.45) is 0. The Bertz CT molecular complexity index is 903. The van der Waals surface area contributed by atoms with E-state index >= 15 is 0 Å². The molecule has 0 saturated carbocycles. The fraction of sp³-hybridized carbons (Fsp3) is 0.217. The van der Waals surface area contributed by atoms with Crippen molar-refractivity contribution in [2.75, 3.05) is 13.2 Å². The first-order valence-corrected chi connectivity index (χ1v) is 10.7. The van der Waals surface area contributed by atoms with Crippen LogP contribution in [0.5, 0.6) is 0 Å². The molecule has 0 aliphatic carbocycles. The molecule has 0 aliphatic heterocycles. The Balaban J connectivity index is 2.53. The molecule has 0 N–H and O–H groups in total. The van der Waals surface area contributed by atoms with E-state index in [9.17, 15) is 9.59 Å². The molecular formula is C23H22O4Se. The Morgan fingerprint density at radius 3 is 2.11 bits per heavy atom. The Labute approximate surface area is 172 Å². The average Bonchev–Trinajstić information content (AvgIpc) is 2.70. The molecule has 28 heavy (non-hydrogen) atoms. The molecule has 2 rings (SSSR count). The van der Waals surface area contributed by atoms with Crippen molar-refractivity contribution in [2.45, 2.75) is 20.8 Å². The SMILES string of the molecule is CCOC(=O)/C(C#Cc1ccc(C)cc1)=C(/[Se]c1ccccc1)C(=O)OCC. The van der Waals surface area contributed by atoms with Crippen molar-refractivity contribution in [1.82, 2.24) is 0 Å². The number of ether oxygens (including phenoxy) is 2. The number of carbonyl (C=O) groups excluding carboxylic acids is 2. The zero-order valence-electron chi connectivity index (χ0n) is 16.2. The Kier molecular flexibility index (Phi) is 8.55. The predicted octanol–water partition coefficient (Wildman–Crippen LogP) is 2.76. The summed E-state index contributed by atoms with van der Waals surface area (Å²) in [4.78, 5) is 25.2. The molecule has 0 heterocycles. The second kappa shape index (κ2) is 11.1. The second-order valence-electron chi connectivity index (χ2n) is 5.68. The molecule has 0 atom stereocenters. The molecule has 0 fully saturated rings. The van der Waals surface area contributed by atoms with E-state index in [1.54, 1.807) is 13.8 Å². The van der Waals surface area contributed by atoms with Gasteiger partial charge >= 0.3 is 172 Å². The van der Waals surface area contributed by atoms with Crippen molar-refractivity contribution < 1.29 is 19.1 Å². The van der Waals surface area contributed by atoms with Crippen molar-refractivity contribution in [3.63, 3.8) is 0 Å². The maximum atomic E-state index is 12.6. The fourth-order valence-corrected chi connectivity index (χ4v) is 4.08. The zero-order valence-corrected chi connectivity index (χ0v) is 17.9. The summed E-state index contributed by atoms with van der Waals surface area (Å²) in [5.74, 6) is 4.69. The minimum absolute atomic E-state index is 0.0599. The van der Waals surface area contributed by atoms with Crippen LogP contribution in [0.25, 0.3) is 0 Å². The van der Waals surface area contributed by atoms with Crippen molar-refractivity contribution >= 4 is 31.4 Å². The summed E-state index contributed by atoms with van der Waals surface area (Å²) in [7, 11) is 0. The monoisotopic (exact) mass is 442 g/mol. The number of rotatable bonds is 6. The van der Waals surface area contributed by atoms with Gasteiger partial charge in [0.15, 0.2) is 0 Å². The minimum atomic E-state index is -0.608. The van der Waals surface area contributed by atoms with Crippen LogP contribution in [0.1, 0.15) is 25.0 Å². The molecule has 0 bridgehead atoms. The maximum absolute atomic E-state index is 12.6. The average molecular weight is 441 g/mol. The van der Waals surface area contributed by atoms with Crippen LogP contribution in [0.4, 0.5) is 0 Å². The number of esters is 2.